The Bertz CT molecular complexity index is 1430. The van der Waals surface area contributed by atoms with Crippen LogP contribution in [0.4, 0.5) is 11.8 Å². The Labute approximate surface area is 202 Å². The molecule has 1 fully saturated rings. The molecular formula is C26H28N6O3. The highest BCUT2D eigenvalue weighted by Crippen LogP contribution is 2.28. The second-order valence-electron chi connectivity index (χ2n) is 9.43. The molecule has 0 radical (unpaired) electrons. The van der Waals surface area contributed by atoms with E-state index in [4.69, 9.17) is 4.98 Å². The van der Waals surface area contributed by atoms with Crippen LogP contribution in [0.15, 0.2) is 65.5 Å². The maximum absolute atomic E-state index is 12.6. The fraction of sp³-hybridized carbons (Fsp3) is 0.346. The number of aromatic nitrogens is 4. The average molecular weight is 473 g/mol. The third-order valence-electron chi connectivity index (χ3n) is 7.07. The summed E-state index contributed by atoms with van der Waals surface area (Å²) in [5, 5.41) is 30.1. The second kappa shape index (κ2) is 8.83. The van der Waals surface area contributed by atoms with Crippen molar-refractivity contribution in [2.45, 2.75) is 38.3 Å². The highest BCUT2D eigenvalue weighted by atomic mass is 16.3. The van der Waals surface area contributed by atoms with E-state index in [1.54, 1.807) is 12.1 Å². The van der Waals surface area contributed by atoms with E-state index in [1.807, 2.05) is 53.1 Å². The first-order chi connectivity index (χ1) is 17.0. The predicted molar refractivity (Wildman–Crippen MR) is 133 cm³/mol. The molecule has 3 N–H and O–H groups in total. The number of nitrogens with zero attached hydrogens (tertiary/aromatic N) is 5. The van der Waals surface area contributed by atoms with Crippen molar-refractivity contribution in [3.63, 3.8) is 0 Å². The Morgan fingerprint density at radius 3 is 2.80 bits per heavy atom. The van der Waals surface area contributed by atoms with Crippen LogP contribution in [0.1, 0.15) is 30.2 Å². The molecular weight excluding hydrogens is 444 g/mol. The van der Waals surface area contributed by atoms with Crippen LogP contribution >= 0.6 is 0 Å². The third-order valence-corrected chi connectivity index (χ3v) is 7.07. The van der Waals surface area contributed by atoms with E-state index in [9.17, 15) is 15.0 Å². The van der Waals surface area contributed by atoms with Crippen molar-refractivity contribution >= 4 is 22.8 Å². The number of aliphatic hydroxyl groups excluding tert-OH is 2. The number of hydrogen-bond acceptors (Lipinski definition) is 7. The molecule has 2 aromatic carbocycles. The molecule has 1 unspecified atom stereocenters. The smallest absolute Gasteiger partial charge is 0.267 e. The van der Waals surface area contributed by atoms with Crippen LogP contribution in [-0.4, -0.2) is 48.7 Å². The third kappa shape index (κ3) is 4.17. The number of anilines is 2. The van der Waals surface area contributed by atoms with Crippen LogP contribution in [-0.2, 0) is 13.1 Å². The molecule has 35 heavy (non-hydrogen) atoms. The van der Waals surface area contributed by atoms with Gasteiger partial charge in [-0.2, -0.15) is 5.10 Å². The summed E-state index contributed by atoms with van der Waals surface area (Å²) in [6, 6.07) is 18.6. The standard InChI is InChI=1S/C26H28N6O3/c33-22-16-31-21-9-2-1-8-20(21)27-26(31)28-25(35)18-6-3-5-17(13-18)14-32-24(34)11-10-23(29-32)30-12-4-7-19(22)15-30/h1-3,5-6,8-11,13,19,22,25,33,35H,4,7,12,14-16H2,(H,27,28)/t19-,22+,25?/m1/s1. The van der Waals surface area contributed by atoms with Gasteiger partial charge in [0.25, 0.3) is 5.56 Å². The van der Waals surface area contributed by atoms with E-state index >= 15 is 0 Å². The molecule has 2 aliphatic heterocycles. The zero-order valence-corrected chi connectivity index (χ0v) is 19.3. The van der Waals surface area contributed by atoms with Crippen molar-refractivity contribution in [3.8, 4) is 0 Å². The van der Waals surface area contributed by atoms with Crippen LogP contribution in [0.2, 0.25) is 0 Å². The average Bonchev–Trinajstić information content (AvgIpc) is 3.21. The lowest BCUT2D eigenvalue weighted by Crippen LogP contribution is -2.43. The second-order valence-corrected chi connectivity index (χ2v) is 9.43. The number of hydrogen-bond donors (Lipinski definition) is 3. The fourth-order valence-electron chi connectivity index (χ4n) is 5.20. The van der Waals surface area contributed by atoms with E-state index in [0.717, 1.165) is 41.8 Å². The molecule has 6 rings (SSSR count). The van der Waals surface area contributed by atoms with E-state index in [2.05, 4.69) is 15.3 Å². The van der Waals surface area contributed by atoms with Crippen LogP contribution in [0.3, 0.4) is 0 Å². The van der Waals surface area contributed by atoms with Gasteiger partial charge >= 0.3 is 0 Å². The Balaban J connectivity index is 1.47. The molecule has 2 aromatic heterocycles. The Morgan fingerprint density at radius 1 is 1.00 bits per heavy atom. The van der Waals surface area contributed by atoms with E-state index in [0.29, 0.717) is 31.1 Å². The van der Waals surface area contributed by atoms with Gasteiger partial charge in [-0.1, -0.05) is 30.3 Å². The molecule has 0 saturated carbocycles. The van der Waals surface area contributed by atoms with Crippen LogP contribution in [0.25, 0.3) is 11.0 Å². The van der Waals surface area contributed by atoms with Gasteiger partial charge in [-0.25, -0.2) is 9.67 Å². The maximum Gasteiger partial charge on any atom is 0.267 e. The molecule has 0 amide bonds. The normalized spacial score (nSPS) is 22.5. The van der Waals surface area contributed by atoms with Gasteiger partial charge < -0.3 is 25.0 Å². The van der Waals surface area contributed by atoms with Gasteiger partial charge in [0, 0.05) is 30.6 Å². The molecule has 9 heteroatoms. The first-order valence-corrected chi connectivity index (χ1v) is 12.0. The molecule has 3 atom stereocenters. The largest absolute Gasteiger partial charge is 0.391 e. The summed E-state index contributed by atoms with van der Waals surface area (Å²) in [7, 11) is 0. The summed E-state index contributed by atoms with van der Waals surface area (Å²) in [4.78, 5) is 19.4. The monoisotopic (exact) mass is 472 g/mol. The quantitative estimate of drug-likeness (QED) is 0.360. The number of para-hydroxylation sites is 2. The number of rotatable bonds is 0. The van der Waals surface area contributed by atoms with Crippen molar-refractivity contribution in [2.75, 3.05) is 23.3 Å². The van der Waals surface area contributed by atoms with Gasteiger partial charge in [0.2, 0.25) is 5.95 Å². The Hall–Kier alpha value is -3.69. The molecule has 1 saturated heterocycles. The number of fused-ring (bicyclic) bond motifs is 10. The summed E-state index contributed by atoms with van der Waals surface area (Å²) in [5.41, 5.74) is 3.03. The lowest BCUT2D eigenvalue weighted by atomic mass is 9.92. The number of piperidine rings is 1. The van der Waals surface area contributed by atoms with Crippen LogP contribution < -0.4 is 15.8 Å². The van der Waals surface area contributed by atoms with Crippen molar-refractivity contribution in [1.82, 2.24) is 19.3 Å². The van der Waals surface area contributed by atoms with Crippen molar-refractivity contribution < 1.29 is 10.2 Å². The van der Waals surface area contributed by atoms with Crippen molar-refractivity contribution in [2.24, 2.45) is 5.92 Å². The Kier molecular flexibility index (Phi) is 5.50. The molecule has 0 spiro atoms. The van der Waals surface area contributed by atoms with E-state index in [-0.39, 0.29) is 11.5 Å². The lowest BCUT2D eigenvalue weighted by molar-refractivity contribution is 0.0825. The summed E-state index contributed by atoms with van der Waals surface area (Å²) < 4.78 is 3.41. The number of aliphatic hydroxyl groups is 2. The van der Waals surface area contributed by atoms with Crippen LogP contribution in [0.5, 0.6) is 0 Å². The van der Waals surface area contributed by atoms with Crippen LogP contribution in [0, 0.1) is 5.92 Å². The fourth-order valence-corrected chi connectivity index (χ4v) is 5.20. The molecule has 4 heterocycles. The molecule has 9 nitrogen and oxygen atoms in total. The number of nitrogens with one attached hydrogen (secondary N) is 1. The van der Waals surface area contributed by atoms with Gasteiger partial charge in [-0.15, -0.1) is 0 Å². The summed E-state index contributed by atoms with van der Waals surface area (Å²) in [5.74, 6) is 1.27. The minimum absolute atomic E-state index is 0.0329. The molecule has 6 bridgehead atoms. The maximum atomic E-state index is 12.6. The summed E-state index contributed by atoms with van der Waals surface area (Å²) >= 11 is 0. The molecule has 0 aliphatic carbocycles. The highest BCUT2D eigenvalue weighted by Gasteiger charge is 2.29. The number of imidazole rings is 1. The topological polar surface area (TPSA) is 108 Å². The summed E-state index contributed by atoms with van der Waals surface area (Å²) in [6.45, 7) is 2.13. The molecule has 4 aromatic rings. The van der Waals surface area contributed by atoms with Gasteiger partial charge in [-0.3, -0.25) is 4.79 Å². The Morgan fingerprint density at radius 2 is 1.89 bits per heavy atom. The SMILES string of the molecule is O=c1ccc2nn1Cc1cccc(c1)C(O)Nc1nc3ccccc3n1C[C@H](O)[C@@H]1CCCN2C1. The lowest BCUT2D eigenvalue weighted by Gasteiger charge is -2.36. The minimum Gasteiger partial charge on any atom is -0.391 e. The van der Waals surface area contributed by atoms with Gasteiger partial charge in [-0.05, 0) is 42.7 Å². The first kappa shape index (κ1) is 21.8. The minimum atomic E-state index is -1.02. The predicted octanol–water partition coefficient (Wildman–Crippen LogP) is 2.34. The molecule has 180 valence electrons. The van der Waals surface area contributed by atoms with Gasteiger partial charge in [0.1, 0.15) is 5.82 Å². The summed E-state index contributed by atoms with van der Waals surface area (Å²) in [6.07, 6.45) is 0.200. The van der Waals surface area contributed by atoms with Crippen molar-refractivity contribution in [3.05, 3.63) is 82.1 Å². The highest BCUT2D eigenvalue weighted by molar-refractivity contribution is 5.78. The van der Waals surface area contributed by atoms with Crippen molar-refractivity contribution in [1.29, 1.82) is 0 Å². The van der Waals surface area contributed by atoms with Gasteiger partial charge in [0.05, 0.1) is 30.2 Å². The zero-order valence-electron chi connectivity index (χ0n) is 19.3. The molecule has 2 aliphatic rings. The first-order valence-electron chi connectivity index (χ1n) is 12.0. The zero-order chi connectivity index (χ0) is 23.9. The number of benzene rings is 2. The van der Waals surface area contributed by atoms with Gasteiger partial charge in [0.15, 0.2) is 6.23 Å². The van der Waals surface area contributed by atoms with E-state index in [1.165, 1.54) is 4.68 Å². The van der Waals surface area contributed by atoms with E-state index < -0.39 is 12.3 Å².